The molecule has 0 spiro atoms. The predicted octanol–water partition coefficient (Wildman–Crippen LogP) is 2.76. The van der Waals surface area contributed by atoms with E-state index in [1.807, 2.05) is 23.6 Å². The van der Waals surface area contributed by atoms with Crippen molar-refractivity contribution in [2.24, 2.45) is 0 Å². The van der Waals surface area contributed by atoms with Gasteiger partial charge in [-0.1, -0.05) is 18.2 Å². The minimum atomic E-state index is -0.0241. The number of hydrogen-bond acceptors (Lipinski definition) is 2. The summed E-state index contributed by atoms with van der Waals surface area (Å²) >= 11 is 0. The highest BCUT2D eigenvalue weighted by atomic mass is 16.2. The molecule has 1 N–H and O–H groups in total. The van der Waals surface area contributed by atoms with Crippen molar-refractivity contribution in [1.82, 2.24) is 15.1 Å². The maximum Gasteiger partial charge on any atom is 0.317 e. The average molecular weight is 357 g/mol. The molecular weight excluding hydrogens is 326 g/mol. The quantitative estimate of drug-likeness (QED) is 0.904. The molecule has 142 valence electrons. The van der Waals surface area contributed by atoms with Gasteiger partial charge in [-0.05, 0) is 62.6 Å². The second-order valence-corrected chi connectivity index (χ2v) is 7.81. The fourth-order valence-electron chi connectivity index (χ4n) is 3.89. The maximum atomic E-state index is 12.7. The Morgan fingerprint density at radius 2 is 1.65 bits per heavy atom. The van der Waals surface area contributed by atoms with Gasteiger partial charge in [0.25, 0.3) is 0 Å². The third-order valence-electron chi connectivity index (χ3n) is 5.32. The van der Waals surface area contributed by atoms with Crippen molar-refractivity contribution >= 4 is 11.9 Å². The molecular formula is C21H31N3O2. The van der Waals surface area contributed by atoms with Gasteiger partial charge in [-0.2, -0.15) is 0 Å². The molecule has 0 saturated carbocycles. The minimum Gasteiger partial charge on any atom is -0.341 e. The third kappa shape index (κ3) is 4.77. The molecule has 2 aliphatic rings. The number of rotatable bonds is 3. The summed E-state index contributed by atoms with van der Waals surface area (Å²) in [4.78, 5) is 28.7. The highest BCUT2D eigenvalue weighted by Gasteiger charge is 2.22. The summed E-state index contributed by atoms with van der Waals surface area (Å²) in [6.07, 6.45) is 6.14. The molecule has 1 aliphatic carbocycles. The average Bonchev–Trinajstić information content (AvgIpc) is 2.87. The maximum absolute atomic E-state index is 12.7. The summed E-state index contributed by atoms with van der Waals surface area (Å²) in [6, 6.07) is 6.66. The molecule has 0 unspecified atom stereocenters. The van der Waals surface area contributed by atoms with Gasteiger partial charge in [0, 0.05) is 32.2 Å². The number of aryl methyl sites for hydroxylation is 2. The van der Waals surface area contributed by atoms with Gasteiger partial charge in [0.1, 0.15) is 0 Å². The first-order valence-corrected chi connectivity index (χ1v) is 9.97. The number of carbonyl (C=O) groups excluding carboxylic acids is 2. The van der Waals surface area contributed by atoms with Crippen molar-refractivity contribution in [3.05, 3.63) is 34.9 Å². The fraction of sp³-hybridized carbons (Fsp3) is 0.619. The van der Waals surface area contributed by atoms with Crippen molar-refractivity contribution in [3.8, 4) is 0 Å². The molecule has 5 heteroatoms. The predicted molar refractivity (Wildman–Crippen MR) is 103 cm³/mol. The van der Waals surface area contributed by atoms with E-state index in [4.69, 9.17) is 0 Å². The molecule has 5 nitrogen and oxygen atoms in total. The van der Waals surface area contributed by atoms with E-state index in [0.29, 0.717) is 26.1 Å². The monoisotopic (exact) mass is 357 g/mol. The van der Waals surface area contributed by atoms with Gasteiger partial charge in [-0.3, -0.25) is 4.79 Å². The van der Waals surface area contributed by atoms with Gasteiger partial charge in [-0.15, -0.1) is 0 Å². The van der Waals surface area contributed by atoms with E-state index in [1.54, 1.807) is 0 Å². The van der Waals surface area contributed by atoms with E-state index < -0.39 is 0 Å². The van der Waals surface area contributed by atoms with Crippen molar-refractivity contribution in [3.63, 3.8) is 0 Å². The number of carbonyl (C=O) groups is 2. The van der Waals surface area contributed by atoms with Gasteiger partial charge < -0.3 is 15.1 Å². The Balaban J connectivity index is 1.56. The standard InChI is InChI=1S/C21H31N3O2/c1-16(2)22-21(26)24-11-5-10-23(12-13-24)20(25)15-17-8-9-18-6-3-4-7-19(18)14-17/h8-9,14,16H,3-7,10-13,15H2,1-2H3,(H,22,26). The number of nitrogens with one attached hydrogen (secondary N) is 1. The molecule has 1 saturated heterocycles. The van der Waals surface area contributed by atoms with Crippen LogP contribution in [0.5, 0.6) is 0 Å². The molecule has 0 atom stereocenters. The summed E-state index contributed by atoms with van der Waals surface area (Å²) in [5.74, 6) is 0.173. The normalized spacial score (nSPS) is 17.7. The van der Waals surface area contributed by atoms with Crippen LogP contribution in [0.4, 0.5) is 4.79 Å². The first-order valence-electron chi connectivity index (χ1n) is 9.97. The highest BCUT2D eigenvalue weighted by Crippen LogP contribution is 2.22. The van der Waals surface area contributed by atoms with Gasteiger partial charge >= 0.3 is 6.03 Å². The fourth-order valence-corrected chi connectivity index (χ4v) is 3.89. The summed E-state index contributed by atoms with van der Waals surface area (Å²) in [5, 5.41) is 2.94. The highest BCUT2D eigenvalue weighted by molar-refractivity contribution is 5.79. The first kappa shape index (κ1) is 18.7. The number of fused-ring (bicyclic) bond motifs is 1. The van der Waals surface area contributed by atoms with Crippen LogP contribution in [0.15, 0.2) is 18.2 Å². The lowest BCUT2D eigenvalue weighted by Crippen LogP contribution is -2.45. The zero-order valence-corrected chi connectivity index (χ0v) is 16.1. The lowest BCUT2D eigenvalue weighted by atomic mass is 9.90. The second kappa shape index (κ2) is 8.56. The Labute approximate surface area is 156 Å². The van der Waals surface area contributed by atoms with Crippen LogP contribution in [0, 0.1) is 0 Å². The smallest absolute Gasteiger partial charge is 0.317 e. The molecule has 0 bridgehead atoms. The van der Waals surface area contributed by atoms with Gasteiger partial charge in [0.15, 0.2) is 0 Å². The Bertz CT molecular complexity index is 657. The van der Waals surface area contributed by atoms with Crippen molar-refractivity contribution in [1.29, 1.82) is 0 Å². The minimum absolute atomic E-state index is 0.0241. The lowest BCUT2D eigenvalue weighted by Gasteiger charge is -2.23. The summed E-state index contributed by atoms with van der Waals surface area (Å²) < 4.78 is 0. The van der Waals surface area contributed by atoms with E-state index in [-0.39, 0.29) is 18.0 Å². The Kier molecular flexibility index (Phi) is 6.17. The second-order valence-electron chi connectivity index (χ2n) is 7.81. The van der Waals surface area contributed by atoms with Gasteiger partial charge in [-0.25, -0.2) is 4.79 Å². The van der Waals surface area contributed by atoms with Crippen LogP contribution in [0.3, 0.4) is 0 Å². The molecule has 1 heterocycles. The van der Waals surface area contributed by atoms with E-state index in [0.717, 1.165) is 24.9 Å². The SMILES string of the molecule is CC(C)NC(=O)N1CCCN(C(=O)Cc2ccc3c(c2)CCCC3)CC1. The van der Waals surface area contributed by atoms with E-state index in [2.05, 4.69) is 23.5 Å². The van der Waals surface area contributed by atoms with Crippen LogP contribution < -0.4 is 5.32 Å². The summed E-state index contributed by atoms with van der Waals surface area (Å²) in [7, 11) is 0. The van der Waals surface area contributed by atoms with Crippen molar-refractivity contribution in [2.75, 3.05) is 26.2 Å². The zero-order chi connectivity index (χ0) is 18.5. The molecule has 0 radical (unpaired) electrons. The third-order valence-corrected chi connectivity index (χ3v) is 5.32. The van der Waals surface area contributed by atoms with Crippen LogP contribution in [-0.2, 0) is 24.1 Å². The number of benzene rings is 1. The summed E-state index contributed by atoms with van der Waals surface area (Å²) in [5.41, 5.74) is 4.00. The number of amides is 3. The largest absolute Gasteiger partial charge is 0.341 e. The summed E-state index contributed by atoms with van der Waals surface area (Å²) in [6.45, 7) is 6.59. The molecule has 0 aromatic heterocycles. The number of nitrogens with zero attached hydrogens (tertiary/aromatic N) is 2. The lowest BCUT2D eigenvalue weighted by molar-refractivity contribution is -0.130. The number of urea groups is 1. The van der Waals surface area contributed by atoms with Crippen molar-refractivity contribution < 1.29 is 9.59 Å². The molecule has 1 aromatic rings. The molecule has 3 amide bonds. The van der Waals surface area contributed by atoms with Crippen LogP contribution >= 0.6 is 0 Å². The molecule has 26 heavy (non-hydrogen) atoms. The van der Waals surface area contributed by atoms with Crippen molar-refractivity contribution in [2.45, 2.75) is 58.4 Å². The van der Waals surface area contributed by atoms with Gasteiger partial charge in [0.2, 0.25) is 5.91 Å². The Morgan fingerprint density at radius 1 is 0.962 bits per heavy atom. The first-order chi connectivity index (χ1) is 12.5. The molecule has 1 fully saturated rings. The zero-order valence-electron chi connectivity index (χ0n) is 16.1. The Morgan fingerprint density at radius 3 is 2.42 bits per heavy atom. The Hall–Kier alpha value is -2.04. The van der Waals surface area contributed by atoms with E-state index in [1.165, 1.54) is 30.4 Å². The van der Waals surface area contributed by atoms with E-state index >= 15 is 0 Å². The van der Waals surface area contributed by atoms with Crippen LogP contribution in [0.25, 0.3) is 0 Å². The number of hydrogen-bond donors (Lipinski definition) is 1. The van der Waals surface area contributed by atoms with Crippen LogP contribution in [0.1, 0.15) is 49.8 Å². The topological polar surface area (TPSA) is 52.7 Å². The molecule has 1 aliphatic heterocycles. The van der Waals surface area contributed by atoms with E-state index in [9.17, 15) is 9.59 Å². The van der Waals surface area contributed by atoms with Gasteiger partial charge in [0.05, 0.1) is 6.42 Å². The van der Waals surface area contributed by atoms with Crippen LogP contribution in [0.2, 0.25) is 0 Å². The molecule has 1 aromatic carbocycles. The molecule has 3 rings (SSSR count). The van der Waals surface area contributed by atoms with Crippen LogP contribution in [-0.4, -0.2) is 54.0 Å².